The van der Waals surface area contributed by atoms with Crippen LogP contribution in [-0.4, -0.2) is 60.9 Å². The summed E-state index contributed by atoms with van der Waals surface area (Å²) >= 11 is 0. The van der Waals surface area contributed by atoms with Crippen LogP contribution in [0.2, 0.25) is 0 Å². The Morgan fingerprint density at radius 2 is 1.43 bits per heavy atom. The lowest BCUT2D eigenvalue weighted by Crippen LogP contribution is -2.52. The first-order chi connectivity index (χ1) is 13.7. The van der Waals surface area contributed by atoms with Gasteiger partial charge in [-0.3, -0.25) is 14.5 Å². The van der Waals surface area contributed by atoms with Gasteiger partial charge in [-0.1, -0.05) is 67.6 Å². The van der Waals surface area contributed by atoms with Gasteiger partial charge in [0.2, 0.25) is 11.8 Å². The Labute approximate surface area is 167 Å². The molecule has 2 aromatic carbocycles. The molecule has 148 valence electrons. The maximum atomic E-state index is 13.4. The molecule has 2 amide bonds. The minimum absolute atomic E-state index is 0.0630. The first-order valence-electron chi connectivity index (χ1n) is 10.1. The normalized spacial score (nSPS) is 14.9. The van der Waals surface area contributed by atoms with Crippen LogP contribution in [0.5, 0.6) is 0 Å². The van der Waals surface area contributed by atoms with Crippen LogP contribution in [0.4, 0.5) is 0 Å². The molecule has 0 saturated carbocycles. The monoisotopic (exact) mass is 379 g/mol. The predicted molar refractivity (Wildman–Crippen MR) is 111 cm³/mol. The Morgan fingerprint density at radius 1 is 0.893 bits per heavy atom. The third-order valence-corrected chi connectivity index (χ3v) is 5.14. The number of nitrogens with zero attached hydrogens (tertiary/aromatic N) is 2. The zero-order valence-corrected chi connectivity index (χ0v) is 16.5. The minimum atomic E-state index is -0.290. The first-order valence-corrected chi connectivity index (χ1v) is 10.1. The van der Waals surface area contributed by atoms with Crippen LogP contribution in [0.3, 0.4) is 0 Å². The van der Waals surface area contributed by atoms with Crippen LogP contribution < -0.4 is 5.32 Å². The minimum Gasteiger partial charge on any atom is -0.355 e. The molecule has 1 aliphatic rings. The third-order valence-electron chi connectivity index (χ3n) is 5.14. The van der Waals surface area contributed by atoms with Crippen molar-refractivity contribution in [3.8, 4) is 0 Å². The molecular formula is C23H29N3O2. The van der Waals surface area contributed by atoms with Gasteiger partial charge in [-0.25, -0.2) is 0 Å². The molecule has 1 saturated heterocycles. The van der Waals surface area contributed by atoms with Crippen LogP contribution in [0.25, 0.3) is 0 Å². The van der Waals surface area contributed by atoms with Crippen molar-refractivity contribution in [2.75, 3.05) is 39.3 Å². The van der Waals surface area contributed by atoms with E-state index in [2.05, 4.69) is 10.2 Å². The molecule has 5 heteroatoms. The van der Waals surface area contributed by atoms with Crippen molar-refractivity contribution >= 4 is 11.8 Å². The molecule has 1 aliphatic heterocycles. The standard InChI is InChI=1S/C23H29N3O2/c1-2-13-24-21(27)18-25-14-16-26(17-15-25)23(28)22(19-9-5-3-6-10-19)20-11-7-4-8-12-20/h3-12,22H,2,13-18H2,1H3,(H,24,27). The van der Waals surface area contributed by atoms with E-state index in [1.54, 1.807) is 0 Å². The molecule has 0 aliphatic carbocycles. The molecular weight excluding hydrogens is 350 g/mol. The van der Waals surface area contributed by atoms with Crippen LogP contribution in [0.1, 0.15) is 30.4 Å². The predicted octanol–water partition coefficient (Wildman–Crippen LogP) is 2.49. The van der Waals surface area contributed by atoms with E-state index in [9.17, 15) is 9.59 Å². The summed E-state index contributed by atoms with van der Waals surface area (Å²) in [6, 6.07) is 19.9. The molecule has 1 fully saturated rings. The molecule has 2 aromatic rings. The average molecular weight is 380 g/mol. The first kappa shape index (κ1) is 20.1. The zero-order valence-electron chi connectivity index (χ0n) is 16.5. The van der Waals surface area contributed by atoms with E-state index in [0.717, 1.165) is 30.6 Å². The highest BCUT2D eigenvalue weighted by molar-refractivity contribution is 5.87. The van der Waals surface area contributed by atoms with E-state index in [1.807, 2.05) is 72.5 Å². The largest absolute Gasteiger partial charge is 0.355 e. The van der Waals surface area contributed by atoms with Gasteiger partial charge in [-0.05, 0) is 17.5 Å². The van der Waals surface area contributed by atoms with Gasteiger partial charge in [0.05, 0.1) is 12.5 Å². The molecule has 0 aromatic heterocycles. The third kappa shape index (κ3) is 5.20. The maximum Gasteiger partial charge on any atom is 0.234 e. The van der Waals surface area contributed by atoms with Gasteiger partial charge >= 0.3 is 0 Å². The highest BCUT2D eigenvalue weighted by atomic mass is 16.2. The SMILES string of the molecule is CCCNC(=O)CN1CCN(C(=O)C(c2ccccc2)c2ccccc2)CC1. The van der Waals surface area contributed by atoms with Crippen LogP contribution >= 0.6 is 0 Å². The van der Waals surface area contributed by atoms with E-state index >= 15 is 0 Å². The van der Waals surface area contributed by atoms with E-state index in [0.29, 0.717) is 26.2 Å². The smallest absolute Gasteiger partial charge is 0.234 e. The van der Waals surface area contributed by atoms with E-state index in [-0.39, 0.29) is 17.7 Å². The second kappa shape index (κ2) is 10.0. The number of nitrogens with one attached hydrogen (secondary N) is 1. The Kier molecular flexibility index (Phi) is 7.20. The Morgan fingerprint density at radius 3 is 1.93 bits per heavy atom. The van der Waals surface area contributed by atoms with Crippen LogP contribution in [0.15, 0.2) is 60.7 Å². The summed E-state index contributed by atoms with van der Waals surface area (Å²) in [4.78, 5) is 29.4. The quantitative estimate of drug-likeness (QED) is 0.804. The zero-order chi connectivity index (χ0) is 19.8. The number of amides is 2. The Bertz CT molecular complexity index is 716. The molecule has 0 radical (unpaired) electrons. The molecule has 5 nitrogen and oxygen atoms in total. The molecule has 0 unspecified atom stereocenters. The molecule has 28 heavy (non-hydrogen) atoms. The van der Waals surface area contributed by atoms with Gasteiger partial charge in [0.25, 0.3) is 0 Å². The van der Waals surface area contributed by atoms with Gasteiger partial charge in [-0.15, -0.1) is 0 Å². The summed E-state index contributed by atoms with van der Waals surface area (Å²) in [6.45, 7) is 5.91. The fourth-order valence-corrected chi connectivity index (χ4v) is 3.60. The van der Waals surface area contributed by atoms with Gasteiger partial charge in [0.1, 0.15) is 0 Å². The van der Waals surface area contributed by atoms with Gasteiger partial charge in [0.15, 0.2) is 0 Å². The fourth-order valence-electron chi connectivity index (χ4n) is 3.60. The van der Waals surface area contributed by atoms with E-state index in [4.69, 9.17) is 0 Å². The summed E-state index contributed by atoms with van der Waals surface area (Å²) in [5.74, 6) is -0.0950. The lowest BCUT2D eigenvalue weighted by molar-refractivity contribution is -0.133. The Balaban J connectivity index is 1.66. The average Bonchev–Trinajstić information content (AvgIpc) is 2.74. The highest BCUT2D eigenvalue weighted by Crippen LogP contribution is 2.27. The maximum absolute atomic E-state index is 13.4. The van der Waals surface area contributed by atoms with Crippen LogP contribution in [-0.2, 0) is 9.59 Å². The number of hydrogen-bond donors (Lipinski definition) is 1. The summed E-state index contributed by atoms with van der Waals surface area (Å²) in [5.41, 5.74) is 2.03. The van der Waals surface area contributed by atoms with Crippen molar-refractivity contribution in [3.63, 3.8) is 0 Å². The summed E-state index contributed by atoms with van der Waals surface area (Å²) in [6.07, 6.45) is 0.939. The molecule has 0 bridgehead atoms. The topological polar surface area (TPSA) is 52.7 Å². The van der Waals surface area contributed by atoms with Crippen molar-refractivity contribution < 1.29 is 9.59 Å². The molecule has 1 heterocycles. The van der Waals surface area contributed by atoms with E-state index < -0.39 is 0 Å². The summed E-state index contributed by atoms with van der Waals surface area (Å²) < 4.78 is 0. The number of carbonyl (C=O) groups is 2. The van der Waals surface area contributed by atoms with Crippen molar-refractivity contribution in [2.45, 2.75) is 19.3 Å². The Hall–Kier alpha value is -2.66. The van der Waals surface area contributed by atoms with Gasteiger partial charge in [0, 0.05) is 32.7 Å². The number of carbonyl (C=O) groups excluding carboxylic acids is 2. The number of benzene rings is 2. The summed E-state index contributed by atoms with van der Waals surface area (Å²) in [7, 11) is 0. The molecule has 3 rings (SSSR count). The second-order valence-electron chi connectivity index (χ2n) is 7.21. The highest BCUT2D eigenvalue weighted by Gasteiger charge is 2.30. The summed E-state index contributed by atoms with van der Waals surface area (Å²) in [5, 5.41) is 2.91. The number of piperazine rings is 1. The molecule has 0 spiro atoms. The van der Waals surface area contributed by atoms with Crippen molar-refractivity contribution in [1.29, 1.82) is 0 Å². The van der Waals surface area contributed by atoms with Crippen molar-refractivity contribution in [3.05, 3.63) is 71.8 Å². The lowest BCUT2D eigenvalue weighted by Gasteiger charge is -2.36. The fraction of sp³-hybridized carbons (Fsp3) is 0.391. The molecule has 1 N–H and O–H groups in total. The second-order valence-corrected chi connectivity index (χ2v) is 7.21. The van der Waals surface area contributed by atoms with Crippen molar-refractivity contribution in [1.82, 2.24) is 15.1 Å². The van der Waals surface area contributed by atoms with E-state index in [1.165, 1.54) is 0 Å². The van der Waals surface area contributed by atoms with Gasteiger partial charge in [-0.2, -0.15) is 0 Å². The molecule has 0 atom stereocenters. The lowest BCUT2D eigenvalue weighted by atomic mass is 9.90. The number of hydrogen-bond acceptors (Lipinski definition) is 3. The van der Waals surface area contributed by atoms with Crippen LogP contribution in [0, 0.1) is 0 Å². The number of rotatable bonds is 7. The van der Waals surface area contributed by atoms with Crippen molar-refractivity contribution in [2.24, 2.45) is 0 Å². The van der Waals surface area contributed by atoms with Gasteiger partial charge < -0.3 is 10.2 Å².